The fourth-order valence-corrected chi connectivity index (χ4v) is 4.10. The first-order valence-corrected chi connectivity index (χ1v) is 11.0. The molecule has 0 atom stereocenters. The van der Waals surface area contributed by atoms with E-state index in [1.807, 2.05) is 19.1 Å². The van der Waals surface area contributed by atoms with Gasteiger partial charge in [0.25, 0.3) is 11.6 Å². The van der Waals surface area contributed by atoms with Crippen LogP contribution in [0.15, 0.2) is 48.3 Å². The largest absolute Gasteiger partial charge is 0.496 e. The summed E-state index contributed by atoms with van der Waals surface area (Å²) in [6, 6.07) is 10.0. The van der Waals surface area contributed by atoms with Crippen molar-refractivity contribution in [2.75, 3.05) is 12.0 Å². The first-order valence-electron chi connectivity index (χ1n) is 10.6. The molecule has 0 unspecified atom stereocenters. The highest BCUT2D eigenvalue weighted by Gasteiger charge is 2.33. The minimum atomic E-state index is -0.431. The van der Waals surface area contributed by atoms with Crippen molar-refractivity contribution in [2.24, 2.45) is 7.05 Å². The Kier molecular flexibility index (Phi) is 6.52. The highest BCUT2D eigenvalue weighted by molar-refractivity contribution is 7.80. The zero-order valence-corrected chi connectivity index (χ0v) is 20.4. The van der Waals surface area contributed by atoms with Gasteiger partial charge in [0.05, 0.1) is 23.4 Å². The number of ether oxygens (including phenoxy) is 2. The summed E-state index contributed by atoms with van der Waals surface area (Å²) in [5.41, 5.74) is 3.68. The van der Waals surface area contributed by atoms with E-state index in [1.54, 1.807) is 56.2 Å². The van der Waals surface area contributed by atoms with E-state index in [1.165, 1.54) is 11.0 Å². The van der Waals surface area contributed by atoms with E-state index in [2.05, 4.69) is 10.4 Å². The maximum Gasteiger partial charge on any atom is 0.281 e. The molecule has 11 heteroatoms. The molecule has 4 rings (SSSR count). The number of rotatable bonds is 7. The Balaban J connectivity index is 1.56. The molecule has 1 saturated heterocycles. The van der Waals surface area contributed by atoms with Crippen molar-refractivity contribution >= 4 is 40.7 Å². The van der Waals surface area contributed by atoms with Crippen molar-refractivity contribution in [3.8, 4) is 11.5 Å². The molecular weight excluding hydrogens is 470 g/mol. The monoisotopic (exact) mass is 493 g/mol. The number of thiocarbonyl (C=S) groups is 1. The summed E-state index contributed by atoms with van der Waals surface area (Å²) < 4.78 is 12.9. The number of hydrogen-bond acceptors (Lipinski definition) is 7. The van der Waals surface area contributed by atoms with Gasteiger partial charge in [-0.3, -0.25) is 19.6 Å². The molecule has 1 aliphatic heterocycles. The summed E-state index contributed by atoms with van der Waals surface area (Å²) in [5, 5.41) is 18.6. The van der Waals surface area contributed by atoms with Crippen molar-refractivity contribution in [3.05, 3.63) is 80.8 Å². The van der Waals surface area contributed by atoms with Gasteiger partial charge in [-0.25, -0.2) is 4.90 Å². The minimum Gasteiger partial charge on any atom is -0.496 e. The van der Waals surface area contributed by atoms with E-state index < -0.39 is 4.92 Å². The molecule has 0 radical (unpaired) electrons. The van der Waals surface area contributed by atoms with Gasteiger partial charge in [0.2, 0.25) is 0 Å². The molecule has 10 nitrogen and oxygen atoms in total. The van der Waals surface area contributed by atoms with Crippen molar-refractivity contribution in [1.29, 1.82) is 0 Å². The number of hydrogen-bond donors (Lipinski definition) is 1. The maximum atomic E-state index is 13.1. The number of nitrogens with one attached hydrogen (secondary N) is 1. The summed E-state index contributed by atoms with van der Waals surface area (Å²) in [6.07, 6.45) is 3.45. The number of nitro benzene ring substituents is 1. The molecule has 2 aromatic carbocycles. The van der Waals surface area contributed by atoms with Crippen molar-refractivity contribution in [2.45, 2.75) is 20.5 Å². The molecule has 0 aliphatic carbocycles. The number of nitro groups is 1. The van der Waals surface area contributed by atoms with Crippen LogP contribution in [0.4, 0.5) is 11.4 Å². The summed E-state index contributed by atoms with van der Waals surface area (Å²) in [6.45, 7) is 3.64. The molecule has 3 aromatic rings. The van der Waals surface area contributed by atoms with Crippen LogP contribution in [-0.4, -0.2) is 32.8 Å². The number of amides is 1. The third kappa shape index (κ3) is 4.85. The number of carbonyl (C=O) groups excluding carboxylic acids is 1. The predicted octanol–water partition coefficient (Wildman–Crippen LogP) is 3.79. The van der Waals surface area contributed by atoms with Crippen LogP contribution >= 0.6 is 12.2 Å². The fourth-order valence-electron chi connectivity index (χ4n) is 3.81. The fraction of sp³-hybridized carbons (Fsp3) is 0.208. The van der Waals surface area contributed by atoms with Gasteiger partial charge < -0.3 is 14.8 Å². The minimum absolute atomic E-state index is 0.0331. The molecule has 180 valence electrons. The molecular formula is C24H23N5O5S. The Bertz CT molecular complexity index is 1380. The zero-order valence-electron chi connectivity index (χ0n) is 19.6. The van der Waals surface area contributed by atoms with E-state index in [0.29, 0.717) is 34.1 Å². The molecule has 0 saturated carbocycles. The topological polar surface area (TPSA) is 112 Å². The maximum absolute atomic E-state index is 13.1. The van der Waals surface area contributed by atoms with E-state index in [4.69, 9.17) is 21.7 Å². The second-order valence-corrected chi connectivity index (χ2v) is 8.35. The normalized spacial score (nSPS) is 14.4. The van der Waals surface area contributed by atoms with Crippen LogP contribution in [0.25, 0.3) is 6.08 Å². The third-order valence-corrected chi connectivity index (χ3v) is 5.77. The molecule has 2 heterocycles. The van der Waals surface area contributed by atoms with Crippen LogP contribution in [0.1, 0.15) is 22.4 Å². The number of anilines is 1. The van der Waals surface area contributed by atoms with Crippen LogP contribution in [0.3, 0.4) is 0 Å². The molecule has 1 fully saturated rings. The summed E-state index contributed by atoms with van der Waals surface area (Å²) in [5.74, 6) is 0.833. The summed E-state index contributed by atoms with van der Waals surface area (Å²) in [7, 11) is 3.34. The highest BCUT2D eigenvalue weighted by Crippen LogP contribution is 2.28. The van der Waals surface area contributed by atoms with Crippen molar-refractivity contribution in [1.82, 2.24) is 15.1 Å². The highest BCUT2D eigenvalue weighted by atomic mass is 32.1. The van der Waals surface area contributed by atoms with Gasteiger partial charge in [0.15, 0.2) is 5.11 Å². The van der Waals surface area contributed by atoms with Crippen LogP contribution < -0.4 is 19.7 Å². The molecule has 35 heavy (non-hydrogen) atoms. The molecule has 1 aromatic heterocycles. The summed E-state index contributed by atoms with van der Waals surface area (Å²) in [4.78, 5) is 25.1. The van der Waals surface area contributed by atoms with Gasteiger partial charge >= 0.3 is 0 Å². The first kappa shape index (κ1) is 23.9. The van der Waals surface area contributed by atoms with Crippen LogP contribution in [0, 0.1) is 24.0 Å². The van der Waals surface area contributed by atoms with Crippen molar-refractivity contribution < 1.29 is 19.2 Å². The third-order valence-electron chi connectivity index (χ3n) is 5.48. The predicted molar refractivity (Wildman–Crippen MR) is 134 cm³/mol. The molecule has 0 bridgehead atoms. The molecule has 0 spiro atoms. The number of methoxy groups -OCH3 is 1. The average Bonchev–Trinajstić information content (AvgIpc) is 3.28. The lowest BCUT2D eigenvalue weighted by Gasteiger charge is -2.12. The Morgan fingerprint density at radius 3 is 2.63 bits per heavy atom. The number of nitrogens with zero attached hydrogens (tertiary/aromatic N) is 4. The molecule has 1 N–H and O–H groups in total. The Morgan fingerprint density at radius 2 is 2.00 bits per heavy atom. The van der Waals surface area contributed by atoms with Crippen LogP contribution in [0.2, 0.25) is 0 Å². The first-order chi connectivity index (χ1) is 16.7. The van der Waals surface area contributed by atoms with Gasteiger partial charge in [-0.1, -0.05) is 6.07 Å². The number of aryl methyl sites for hydroxylation is 3. The van der Waals surface area contributed by atoms with E-state index >= 15 is 0 Å². The number of carbonyl (C=O) groups is 1. The Morgan fingerprint density at radius 1 is 1.23 bits per heavy atom. The van der Waals surface area contributed by atoms with Gasteiger partial charge in [-0.05, 0) is 62.0 Å². The van der Waals surface area contributed by atoms with Crippen LogP contribution in [-0.2, 0) is 18.4 Å². The second kappa shape index (κ2) is 9.55. The lowest BCUT2D eigenvalue weighted by atomic mass is 10.1. The smallest absolute Gasteiger partial charge is 0.281 e. The van der Waals surface area contributed by atoms with Gasteiger partial charge in [0, 0.05) is 30.4 Å². The van der Waals surface area contributed by atoms with Crippen LogP contribution in [0.5, 0.6) is 11.5 Å². The average molecular weight is 494 g/mol. The summed E-state index contributed by atoms with van der Waals surface area (Å²) >= 11 is 5.39. The Labute approximate surface area is 206 Å². The van der Waals surface area contributed by atoms with E-state index in [-0.39, 0.29) is 23.3 Å². The quantitative estimate of drug-likeness (QED) is 0.229. The second-order valence-electron chi connectivity index (χ2n) is 7.97. The number of benzene rings is 2. The lowest BCUT2D eigenvalue weighted by molar-refractivity contribution is -0.385. The van der Waals surface area contributed by atoms with E-state index in [0.717, 1.165) is 11.1 Å². The lowest BCUT2D eigenvalue weighted by Crippen LogP contribution is -2.30. The van der Waals surface area contributed by atoms with Gasteiger partial charge in [-0.2, -0.15) is 5.10 Å². The SMILES string of the molecule is COc1ccc(/C=C2/NC(=S)N(c3cn(C)nc3C)C2=O)cc1COc1ccc([N+](=O)[O-])c(C)c1. The van der Waals surface area contributed by atoms with Gasteiger partial charge in [0.1, 0.15) is 23.8 Å². The molecule has 1 amide bonds. The molecule has 1 aliphatic rings. The number of aromatic nitrogens is 2. The van der Waals surface area contributed by atoms with Crippen molar-refractivity contribution in [3.63, 3.8) is 0 Å². The Hall–Kier alpha value is -4.25. The van der Waals surface area contributed by atoms with Gasteiger partial charge in [-0.15, -0.1) is 0 Å². The zero-order chi connectivity index (χ0) is 25.3. The van der Waals surface area contributed by atoms with E-state index in [9.17, 15) is 14.9 Å². The standard InChI is InChI=1S/C24H23N5O5S/c1-14-9-18(6-7-20(14)29(31)32)34-13-17-10-16(5-8-22(17)33-4)11-19-23(30)28(24(35)25-19)21-12-27(3)26-15(21)2/h5-12H,13H2,1-4H3,(H,25,35)/b19-11+.